The Hall–Kier alpha value is -2.44. The second-order valence-corrected chi connectivity index (χ2v) is 3.24. The second-order valence-electron chi connectivity index (χ2n) is 3.24. The van der Waals surface area contributed by atoms with Crippen LogP contribution in [0.3, 0.4) is 0 Å². The molecule has 1 N–H and O–H groups in total. The van der Waals surface area contributed by atoms with E-state index in [1.54, 1.807) is 19.2 Å². The summed E-state index contributed by atoms with van der Waals surface area (Å²) in [7, 11) is 1.54. The van der Waals surface area contributed by atoms with Crippen molar-refractivity contribution in [3.05, 3.63) is 24.3 Å². The number of aromatic nitrogens is 4. The molecular formula is C10H10N4O3. The molecule has 2 rings (SSSR count). The number of hydrogen-bond donors (Lipinski definition) is 1. The highest BCUT2D eigenvalue weighted by atomic mass is 16.5. The van der Waals surface area contributed by atoms with Crippen LogP contribution in [0, 0.1) is 0 Å². The van der Waals surface area contributed by atoms with Gasteiger partial charge in [0, 0.05) is 0 Å². The predicted molar refractivity (Wildman–Crippen MR) is 57.4 cm³/mol. The number of benzene rings is 1. The lowest BCUT2D eigenvalue weighted by Gasteiger charge is -2.03. The van der Waals surface area contributed by atoms with Gasteiger partial charge in [0.25, 0.3) is 0 Å². The molecular weight excluding hydrogens is 224 g/mol. The standard InChI is InChI=1S/C10H10N4O3/c1-17-8-5-3-2-4-7(8)10-11-13-14(12-10)6-9(15)16/h2-5H,6H2,1H3,(H,15,16). The summed E-state index contributed by atoms with van der Waals surface area (Å²) in [5.41, 5.74) is 0.673. The van der Waals surface area contributed by atoms with Gasteiger partial charge in [-0.25, -0.2) is 0 Å². The van der Waals surface area contributed by atoms with Crippen LogP contribution in [0.1, 0.15) is 0 Å². The molecule has 0 aliphatic heterocycles. The normalized spacial score (nSPS) is 10.2. The zero-order valence-corrected chi connectivity index (χ0v) is 9.07. The summed E-state index contributed by atoms with van der Waals surface area (Å²) >= 11 is 0. The third kappa shape index (κ3) is 2.39. The van der Waals surface area contributed by atoms with Crippen LogP contribution in [0.5, 0.6) is 5.75 Å². The first-order valence-corrected chi connectivity index (χ1v) is 4.83. The van der Waals surface area contributed by atoms with Gasteiger partial charge in [-0.15, -0.1) is 10.2 Å². The summed E-state index contributed by atoms with van der Waals surface area (Å²) < 4.78 is 5.16. The quantitative estimate of drug-likeness (QED) is 0.825. The average molecular weight is 234 g/mol. The molecule has 7 nitrogen and oxygen atoms in total. The Balaban J connectivity index is 2.33. The summed E-state index contributed by atoms with van der Waals surface area (Å²) in [4.78, 5) is 11.5. The van der Waals surface area contributed by atoms with Gasteiger partial charge in [-0.3, -0.25) is 4.79 Å². The molecule has 0 bridgehead atoms. The van der Waals surface area contributed by atoms with Crippen molar-refractivity contribution in [3.63, 3.8) is 0 Å². The molecule has 17 heavy (non-hydrogen) atoms. The zero-order valence-electron chi connectivity index (χ0n) is 9.07. The van der Waals surface area contributed by atoms with Crippen molar-refractivity contribution in [1.29, 1.82) is 0 Å². The summed E-state index contributed by atoms with van der Waals surface area (Å²) in [5.74, 6) is -0.0694. The summed E-state index contributed by atoms with van der Waals surface area (Å²) in [5, 5.41) is 20.0. The second kappa shape index (κ2) is 4.60. The number of carboxylic acid groups (broad SMARTS) is 1. The molecule has 88 valence electrons. The summed E-state index contributed by atoms with van der Waals surface area (Å²) in [6, 6.07) is 7.19. The van der Waals surface area contributed by atoms with E-state index in [4.69, 9.17) is 9.84 Å². The van der Waals surface area contributed by atoms with E-state index < -0.39 is 5.97 Å². The predicted octanol–water partition coefficient (Wildman–Crippen LogP) is 0.433. The molecule has 0 saturated heterocycles. The molecule has 0 amide bonds. The highest BCUT2D eigenvalue weighted by Gasteiger charge is 2.11. The topological polar surface area (TPSA) is 90.1 Å². The van der Waals surface area contributed by atoms with Gasteiger partial charge in [0.05, 0.1) is 12.7 Å². The minimum absolute atomic E-state index is 0.317. The minimum atomic E-state index is -1.02. The van der Waals surface area contributed by atoms with E-state index in [0.29, 0.717) is 17.1 Å². The highest BCUT2D eigenvalue weighted by molar-refractivity contribution is 5.66. The number of rotatable bonds is 4. The Kier molecular flexibility index (Phi) is 2.99. The number of hydrogen-bond acceptors (Lipinski definition) is 5. The Morgan fingerprint density at radius 3 is 2.94 bits per heavy atom. The maximum atomic E-state index is 10.5. The third-order valence-corrected chi connectivity index (χ3v) is 2.08. The van der Waals surface area contributed by atoms with E-state index >= 15 is 0 Å². The molecule has 1 aromatic heterocycles. The van der Waals surface area contributed by atoms with Crippen LogP contribution >= 0.6 is 0 Å². The van der Waals surface area contributed by atoms with E-state index in [1.165, 1.54) is 0 Å². The molecule has 0 radical (unpaired) electrons. The first kappa shape index (κ1) is 11.1. The maximum Gasteiger partial charge on any atom is 0.327 e. The monoisotopic (exact) mass is 234 g/mol. The summed E-state index contributed by atoms with van der Waals surface area (Å²) in [6.07, 6.45) is 0. The third-order valence-electron chi connectivity index (χ3n) is 2.08. The Bertz CT molecular complexity index is 538. The van der Waals surface area contributed by atoms with E-state index in [1.807, 2.05) is 12.1 Å². The van der Waals surface area contributed by atoms with E-state index in [2.05, 4.69) is 15.4 Å². The van der Waals surface area contributed by atoms with E-state index in [9.17, 15) is 4.79 Å². The first-order chi connectivity index (χ1) is 8.20. The fourth-order valence-corrected chi connectivity index (χ4v) is 1.37. The van der Waals surface area contributed by atoms with E-state index in [0.717, 1.165) is 4.80 Å². The Morgan fingerprint density at radius 1 is 1.47 bits per heavy atom. The number of ether oxygens (including phenoxy) is 1. The van der Waals surface area contributed by atoms with Crippen molar-refractivity contribution in [1.82, 2.24) is 20.2 Å². The van der Waals surface area contributed by atoms with Crippen molar-refractivity contribution in [3.8, 4) is 17.1 Å². The SMILES string of the molecule is COc1ccccc1-c1nnn(CC(=O)O)n1. The average Bonchev–Trinajstić information content (AvgIpc) is 2.76. The molecule has 0 spiro atoms. The molecule has 0 fully saturated rings. The zero-order chi connectivity index (χ0) is 12.3. The van der Waals surface area contributed by atoms with Crippen molar-refractivity contribution < 1.29 is 14.6 Å². The summed E-state index contributed by atoms with van der Waals surface area (Å²) in [6.45, 7) is -0.317. The van der Waals surface area contributed by atoms with Gasteiger partial charge in [-0.05, 0) is 17.3 Å². The van der Waals surface area contributed by atoms with Crippen LogP contribution < -0.4 is 4.74 Å². The van der Waals surface area contributed by atoms with Crippen LogP contribution in [0.4, 0.5) is 0 Å². The fraction of sp³-hybridized carbons (Fsp3) is 0.200. The number of tetrazole rings is 1. The number of nitrogens with zero attached hydrogens (tertiary/aromatic N) is 4. The van der Waals surface area contributed by atoms with Crippen LogP contribution in [0.25, 0.3) is 11.4 Å². The van der Waals surface area contributed by atoms with Crippen LogP contribution in [0.15, 0.2) is 24.3 Å². The van der Waals surface area contributed by atoms with Crippen LogP contribution in [-0.2, 0) is 11.3 Å². The van der Waals surface area contributed by atoms with Crippen LogP contribution in [0.2, 0.25) is 0 Å². The number of carbonyl (C=O) groups is 1. The van der Waals surface area contributed by atoms with Gasteiger partial charge in [0.15, 0.2) is 6.54 Å². The molecule has 1 heterocycles. The molecule has 1 aromatic carbocycles. The Morgan fingerprint density at radius 2 is 2.24 bits per heavy atom. The minimum Gasteiger partial charge on any atom is -0.496 e. The maximum absolute atomic E-state index is 10.5. The molecule has 0 atom stereocenters. The lowest BCUT2D eigenvalue weighted by atomic mass is 10.2. The van der Waals surface area contributed by atoms with Gasteiger partial charge in [0.2, 0.25) is 5.82 Å². The molecule has 0 unspecified atom stereocenters. The van der Waals surface area contributed by atoms with Gasteiger partial charge in [-0.2, -0.15) is 4.80 Å². The van der Waals surface area contributed by atoms with Crippen molar-refractivity contribution in [2.45, 2.75) is 6.54 Å². The lowest BCUT2D eigenvalue weighted by molar-refractivity contribution is -0.138. The van der Waals surface area contributed by atoms with Crippen molar-refractivity contribution in [2.24, 2.45) is 0 Å². The van der Waals surface area contributed by atoms with Gasteiger partial charge in [-0.1, -0.05) is 12.1 Å². The lowest BCUT2D eigenvalue weighted by Crippen LogP contribution is -2.11. The largest absolute Gasteiger partial charge is 0.496 e. The number of carboxylic acids is 1. The highest BCUT2D eigenvalue weighted by Crippen LogP contribution is 2.25. The number of para-hydroxylation sites is 1. The molecule has 0 saturated carbocycles. The van der Waals surface area contributed by atoms with Gasteiger partial charge >= 0.3 is 5.97 Å². The van der Waals surface area contributed by atoms with E-state index in [-0.39, 0.29) is 6.54 Å². The number of aliphatic carboxylic acids is 1. The molecule has 7 heteroatoms. The smallest absolute Gasteiger partial charge is 0.327 e. The van der Waals surface area contributed by atoms with Crippen LogP contribution in [-0.4, -0.2) is 38.4 Å². The van der Waals surface area contributed by atoms with Crippen molar-refractivity contribution >= 4 is 5.97 Å². The number of methoxy groups -OCH3 is 1. The Labute approximate surface area is 96.6 Å². The molecule has 2 aromatic rings. The molecule has 0 aliphatic carbocycles. The van der Waals surface area contributed by atoms with Gasteiger partial charge in [0.1, 0.15) is 5.75 Å². The molecule has 0 aliphatic rings. The van der Waals surface area contributed by atoms with Crippen molar-refractivity contribution in [2.75, 3.05) is 7.11 Å². The fourth-order valence-electron chi connectivity index (χ4n) is 1.37. The first-order valence-electron chi connectivity index (χ1n) is 4.83. The van der Waals surface area contributed by atoms with Gasteiger partial charge < -0.3 is 9.84 Å².